The van der Waals surface area contributed by atoms with Crippen LogP contribution < -0.4 is 0 Å². The molecule has 0 unspecified atom stereocenters. The Morgan fingerprint density at radius 2 is 2.08 bits per heavy atom. The molecule has 0 saturated heterocycles. The summed E-state index contributed by atoms with van der Waals surface area (Å²) < 4.78 is 7.80. The van der Waals surface area contributed by atoms with Crippen LogP contribution in [0.25, 0.3) is 11.6 Å². The van der Waals surface area contributed by atoms with Gasteiger partial charge in [-0.25, -0.2) is 4.98 Å². The Labute approximate surface area is 148 Å². The molecule has 3 heterocycles. The fraction of sp³-hybridized carbons (Fsp3) is 0.632. The Balaban J connectivity index is 1.68. The first-order chi connectivity index (χ1) is 12.0. The van der Waals surface area contributed by atoms with Crippen LogP contribution in [0.3, 0.4) is 0 Å². The molecule has 4 rings (SSSR count). The summed E-state index contributed by atoms with van der Waals surface area (Å²) in [6.45, 7) is 7.55. The molecule has 1 saturated carbocycles. The molecule has 0 radical (unpaired) electrons. The lowest BCUT2D eigenvalue weighted by Gasteiger charge is -2.30. The minimum Gasteiger partial charge on any atom is -0.440 e. The number of nitrogens with zero attached hydrogens (tertiary/aromatic N) is 4. The molecule has 0 spiro atoms. The molecule has 1 amide bonds. The largest absolute Gasteiger partial charge is 0.440 e. The highest BCUT2D eigenvalue weighted by Crippen LogP contribution is 2.33. The third-order valence-corrected chi connectivity index (χ3v) is 5.42. The summed E-state index contributed by atoms with van der Waals surface area (Å²) in [6, 6.07) is 0.274. The maximum atomic E-state index is 12.9. The molecule has 25 heavy (non-hydrogen) atoms. The molecule has 2 aromatic rings. The monoisotopic (exact) mass is 342 g/mol. The molecular weight excluding hydrogens is 316 g/mol. The number of aryl methyl sites for hydroxylation is 1. The third kappa shape index (κ3) is 2.87. The summed E-state index contributed by atoms with van der Waals surface area (Å²) in [5.41, 5.74) is 3.12. The molecule has 6 nitrogen and oxygen atoms in total. The second-order valence-corrected chi connectivity index (χ2v) is 7.58. The molecule has 0 atom stereocenters. The molecule has 2 aliphatic rings. The molecule has 2 aromatic heterocycles. The number of oxazole rings is 1. The maximum absolute atomic E-state index is 12.9. The molecule has 1 aliphatic heterocycles. The number of hydrogen-bond donors (Lipinski definition) is 0. The van der Waals surface area contributed by atoms with Gasteiger partial charge in [0.05, 0.1) is 6.20 Å². The van der Waals surface area contributed by atoms with Crippen LogP contribution in [0, 0.1) is 12.8 Å². The predicted octanol–water partition coefficient (Wildman–Crippen LogP) is 3.50. The summed E-state index contributed by atoms with van der Waals surface area (Å²) in [6.07, 6.45) is 7.01. The zero-order valence-corrected chi connectivity index (χ0v) is 15.3. The van der Waals surface area contributed by atoms with Crippen LogP contribution in [0.15, 0.2) is 10.6 Å². The maximum Gasteiger partial charge on any atom is 0.247 e. The van der Waals surface area contributed by atoms with Gasteiger partial charge < -0.3 is 9.32 Å². The number of carbonyl (C=O) groups is 1. The lowest BCUT2D eigenvalue weighted by Crippen LogP contribution is -2.39. The van der Waals surface area contributed by atoms with Gasteiger partial charge in [-0.15, -0.1) is 0 Å². The number of hydrogen-bond acceptors (Lipinski definition) is 4. The van der Waals surface area contributed by atoms with E-state index in [0.717, 1.165) is 42.8 Å². The molecular formula is C19H26N4O2. The van der Waals surface area contributed by atoms with E-state index < -0.39 is 0 Å². The van der Waals surface area contributed by atoms with Crippen molar-refractivity contribution in [1.82, 2.24) is 19.7 Å². The minimum atomic E-state index is 0.217. The minimum absolute atomic E-state index is 0.217. The second-order valence-electron chi connectivity index (χ2n) is 7.58. The molecule has 134 valence electrons. The van der Waals surface area contributed by atoms with Gasteiger partial charge in [0.1, 0.15) is 5.76 Å². The van der Waals surface area contributed by atoms with Crippen LogP contribution >= 0.6 is 0 Å². The summed E-state index contributed by atoms with van der Waals surface area (Å²) in [4.78, 5) is 19.2. The number of fused-ring (bicyclic) bond motifs is 1. The van der Waals surface area contributed by atoms with E-state index in [9.17, 15) is 4.79 Å². The molecule has 6 heteroatoms. The average Bonchev–Trinajstić information content (AvgIpc) is 3.32. The van der Waals surface area contributed by atoms with Gasteiger partial charge in [0, 0.05) is 42.7 Å². The summed E-state index contributed by atoms with van der Waals surface area (Å²) in [7, 11) is 0. The topological polar surface area (TPSA) is 64.2 Å². The number of aromatic nitrogens is 3. The van der Waals surface area contributed by atoms with E-state index in [1.807, 2.05) is 11.8 Å². The zero-order valence-electron chi connectivity index (χ0n) is 15.3. The second kappa shape index (κ2) is 6.32. The Morgan fingerprint density at radius 1 is 1.32 bits per heavy atom. The van der Waals surface area contributed by atoms with Crippen LogP contribution in [0.5, 0.6) is 0 Å². The van der Waals surface area contributed by atoms with Crippen LogP contribution in [0.1, 0.15) is 62.6 Å². The first-order valence-corrected chi connectivity index (χ1v) is 9.36. The first kappa shape index (κ1) is 16.4. The summed E-state index contributed by atoms with van der Waals surface area (Å²) >= 11 is 0. The lowest BCUT2D eigenvalue weighted by molar-refractivity contribution is -0.136. The summed E-state index contributed by atoms with van der Waals surface area (Å²) in [5.74, 6) is 1.87. The molecule has 0 bridgehead atoms. The van der Waals surface area contributed by atoms with Crippen molar-refractivity contribution in [3.63, 3.8) is 0 Å². The highest BCUT2D eigenvalue weighted by atomic mass is 16.4. The fourth-order valence-corrected chi connectivity index (χ4v) is 4.13. The van der Waals surface area contributed by atoms with Crippen molar-refractivity contribution in [2.24, 2.45) is 5.92 Å². The fourth-order valence-electron chi connectivity index (χ4n) is 4.13. The molecule has 1 fully saturated rings. The van der Waals surface area contributed by atoms with Gasteiger partial charge >= 0.3 is 0 Å². The van der Waals surface area contributed by atoms with Crippen molar-refractivity contribution >= 4 is 5.91 Å². The van der Waals surface area contributed by atoms with E-state index in [0.29, 0.717) is 18.3 Å². The third-order valence-electron chi connectivity index (χ3n) is 5.42. The van der Waals surface area contributed by atoms with E-state index in [2.05, 4.69) is 23.5 Å². The van der Waals surface area contributed by atoms with E-state index in [1.54, 1.807) is 6.20 Å². The Hall–Kier alpha value is -2.11. The number of carbonyl (C=O) groups excluding carboxylic acids is 1. The van der Waals surface area contributed by atoms with E-state index in [4.69, 9.17) is 9.52 Å². The Kier molecular flexibility index (Phi) is 4.13. The van der Waals surface area contributed by atoms with Crippen molar-refractivity contribution < 1.29 is 9.21 Å². The van der Waals surface area contributed by atoms with Crippen molar-refractivity contribution in [2.75, 3.05) is 6.54 Å². The highest BCUT2D eigenvalue weighted by molar-refractivity contribution is 5.79. The van der Waals surface area contributed by atoms with Gasteiger partial charge in [0.15, 0.2) is 5.69 Å². The molecule has 1 aliphatic carbocycles. The average molecular weight is 342 g/mol. The standard InChI is InChI=1S/C19H26N4O2/c1-12(2)23-16-8-9-22(19(24)14-6-4-5-7-14)11-15(16)17(21-23)18-20-10-13(3)25-18/h10,12,14H,4-9,11H2,1-3H3. The van der Waals surface area contributed by atoms with Crippen LogP contribution in [-0.4, -0.2) is 32.1 Å². The SMILES string of the molecule is Cc1cnc(-c2nn(C(C)C)c3c2CN(C(=O)C2CCCC2)CC3)o1. The Morgan fingerprint density at radius 3 is 2.72 bits per heavy atom. The first-order valence-electron chi connectivity index (χ1n) is 9.36. The van der Waals surface area contributed by atoms with Gasteiger partial charge in [0.25, 0.3) is 0 Å². The number of rotatable bonds is 3. The van der Waals surface area contributed by atoms with E-state index in [-0.39, 0.29) is 12.0 Å². The van der Waals surface area contributed by atoms with E-state index in [1.165, 1.54) is 18.5 Å². The predicted molar refractivity (Wildman–Crippen MR) is 93.9 cm³/mol. The van der Waals surface area contributed by atoms with Crippen LogP contribution in [-0.2, 0) is 17.8 Å². The van der Waals surface area contributed by atoms with Gasteiger partial charge in [-0.3, -0.25) is 9.48 Å². The lowest BCUT2D eigenvalue weighted by atomic mass is 10.0. The van der Waals surface area contributed by atoms with Gasteiger partial charge in [0.2, 0.25) is 11.8 Å². The van der Waals surface area contributed by atoms with Crippen molar-refractivity contribution in [3.8, 4) is 11.6 Å². The quantitative estimate of drug-likeness (QED) is 0.856. The highest BCUT2D eigenvalue weighted by Gasteiger charge is 2.33. The van der Waals surface area contributed by atoms with Crippen molar-refractivity contribution in [2.45, 2.75) is 65.5 Å². The van der Waals surface area contributed by atoms with Crippen molar-refractivity contribution in [3.05, 3.63) is 23.2 Å². The number of amides is 1. The van der Waals surface area contributed by atoms with Gasteiger partial charge in [-0.2, -0.15) is 5.10 Å². The Bertz CT molecular complexity index is 783. The van der Waals surface area contributed by atoms with Gasteiger partial charge in [-0.05, 0) is 33.6 Å². The smallest absolute Gasteiger partial charge is 0.247 e. The van der Waals surface area contributed by atoms with Crippen LogP contribution in [0.4, 0.5) is 0 Å². The van der Waals surface area contributed by atoms with Crippen LogP contribution in [0.2, 0.25) is 0 Å². The molecule has 0 N–H and O–H groups in total. The zero-order chi connectivity index (χ0) is 17.6. The van der Waals surface area contributed by atoms with E-state index >= 15 is 0 Å². The normalized spacial score (nSPS) is 18.2. The molecule has 0 aromatic carbocycles. The van der Waals surface area contributed by atoms with Crippen molar-refractivity contribution in [1.29, 1.82) is 0 Å². The summed E-state index contributed by atoms with van der Waals surface area (Å²) in [5, 5.41) is 4.79. The van der Waals surface area contributed by atoms with Gasteiger partial charge in [-0.1, -0.05) is 12.8 Å².